The Bertz CT molecular complexity index is 452. The molecule has 19 heavy (non-hydrogen) atoms. The van der Waals surface area contributed by atoms with Gasteiger partial charge in [0, 0.05) is 12.1 Å². The van der Waals surface area contributed by atoms with Crippen molar-refractivity contribution in [2.24, 2.45) is 5.92 Å². The van der Waals surface area contributed by atoms with Crippen LogP contribution in [0.5, 0.6) is 0 Å². The van der Waals surface area contributed by atoms with Gasteiger partial charge in [0.15, 0.2) is 0 Å². The number of rotatable bonds is 3. The van der Waals surface area contributed by atoms with Crippen LogP contribution in [0.25, 0.3) is 0 Å². The maximum Gasteiger partial charge on any atom is 0.306 e. The van der Waals surface area contributed by atoms with Crippen LogP contribution < -0.4 is 0 Å². The highest BCUT2D eigenvalue weighted by Crippen LogP contribution is 2.36. The smallest absolute Gasteiger partial charge is 0.306 e. The maximum absolute atomic E-state index is 10.8. The number of hydrogen-bond acceptors (Lipinski definition) is 3. The van der Waals surface area contributed by atoms with E-state index in [0.717, 1.165) is 18.4 Å². The van der Waals surface area contributed by atoms with E-state index in [2.05, 4.69) is 0 Å². The fourth-order valence-corrected chi connectivity index (χ4v) is 2.54. The van der Waals surface area contributed by atoms with Gasteiger partial charge in [-0.05, 0) is 37.2 Å². The van der Waals surface area contributed by atoms with Crippen molar-refractivity contribution in [3.8, 4) is 0 Å². The molecule has 0 heterocycles. The van der Waals surface area contributed by atoms with Gasteiger partial charge in [-0.3, -0.25) is 14.9 Å². The van der Waals surface area contributed by atoms with Gasteiger partial charge in [0.1, 0.15) is 0 Å². The van der Waals surface area contributed by atoms with Gasteiger partial charge in [0.25, 0.3) is 5.69 Å². The maximum atomic E-state index is 10.8. The molecule has 2 rings (SSSR count). The molecule has 0 amide bonds. The van der Waals surface area contributed by atoms with Crippen LogP contribution in [-0.2, 0) is 4.79 Å². The molecule has 0 aromatic heterocycles. The Morgan fingerprint density at radius 3 is 2.11 bits per heavy atom. The highest BCUT2D eigenvalue weighted by Gasteiger charge is 2.26. The minimum atomic E-state index is -0.711. The first kappa shape index (κ1) is 15.4. The van der Waals surface area contributed by atoms with Crippen molar-refractivity contribution in [1.29, 1.82) is 0 Å². The number of carbonyl (C=O) groups is 1. The lowest BCUT2D eigenvalue weighted by Crippen LogP contribution is -2.20. The largest absolute Gasteiger partial charge is 0.481 e. The molecule has 1 aliphatic rings. The van der Waals surface area contributed by atoms with E-state index in [1.165, 1.54) is 12.1 Å². The van der Waals surface area contributed by atoms with Gasteiger partial charge in [-0.2, -0.15) is 0 Å². The molecule has 0 saturated heterocycles. The minimum absolute atomic E-state index is 0. The fourth-order valence-electron chi connectivity index (χ4n) is 2.54. The average Bonchev–Trinajstić information content (AvgIpc) is 2.39. The van der Waals surface area contributed by atoms with Crippen molar-refractivity contribution in [2.45, 2.75) is 31.6 Å². The first-order valence-corrected chi connectivity index (χ1v) is 6.05. The highest BCUT2D eigenvalue weighted by atomic mass is 35.5. The fraction of sp³-hybridized carbons (Fsp3) is 0.462. The Hall–Kier alpha value is -1.62. The van der Waals surface area contributed by atoms with Crippen LogP contribution in [0.2, 0.25) is 0 Å². The summed E-state index contributed by atoms with van der Waals surface area (Å²) in [6, 6.07) is 6.59. The van der Waals surface area contributed by atoms with Gasteiger partial charge in [-0.25, -0.2) is 0 Å². The average molecular weight is 286 g/mol. The zero-order valence-electron chi connectivity index (χ0n) is 10.3. The van der Waals surface area contributed by atoms with E-state index < -0.39 is 10.9 Å². The topological polar surface area (TPSA) is 80.4 Å². The van der Waals surface area contributed by atoms with Crippen LogP contribution in [0.3, 0.4) is 0 Å². The third-order valence-corrected chi connectivity index (χ3v) is 3.65. The molecule has 0 bridgehead atoms. The first-order chi connectivity index (χ1) is 8.58. The summed E-state index contributed by atoms with van der Waals surface area (Å²) >= 11 is 0. The van der Waals surface area contributed by atoms with Crippen LogP contribution in [0.15, 0.2) is 24.3 Å². The lowest BCUT2D eigenvalue weighted by Gasteiger charge is -2.26. The number of carboxylic acids is 1. The Balaban J connectivity index is 0.00000180. The quantitative estimate of drug-likeness (QED) is 0.682. The monoisotopic (exact) mass is 285 g/mol. The Kier molecular flexibility index (Phi) is 5.30. The normalized spacial score (nSPS) is 22.3. The summed E-state index contributed by atoms with van der Waals surface area (Å²) in [6.07, 6.45) is 3.07. The van der Waals surface area contributed by atoms with E-state index in [0.29, 0.717) is 18.8 Å². The number of hydrogen-bond donors (Lipinski definition) is 1. The van der Waals surface area contributed by atoms with Crippen molar-refractivity contribution in [3.05, 3.63) is 39.9 Å². The molecule has 0 aliphatic heterocycles. The number of halogens is 1. The Morgan fingerprint density at radius 1 is 1.16 bits per heavy atom. The predicted molar refractivity (Wildman–Crippen MR) is 72.7 cm³/mol. The number of carboxylic acid groups (broad SMARTS) is 1. The molecule has 1 saturated carbocycles. The van der Waals surface area contributed by atoms with Crippen molar-refractivity contribution in [3.63, 3.8) is 0 Å². The van der Waals surface area contributed by atoms with Gasteiger partial charge in [0.2, 0.25) is 0 Å². The van der Waals surface area contributed by atoms with E-state index in [4.69, 9.17) is 5.11 Å². The second kappa shape index (κ2) is 6.52. The molecular formula is C13H16ClNO4. The van der Waals surface area contributed by atoms with E-state index in [1.807, 2.05) is 0 Å². The van der Waals surface area contributed by atoms with E-state index in [1.54, 1.807) is 12.1 Å². The van der Waals surface area contributed by atoms with Crippen LogP contribution in [0, 0.1) is 16.0 Å². The summed E-state index contributed by atoms with van der Waals surface area (Å²) in [7, 11) is 0. The number of nitro groups is 1. The van der Waals surface area contributed by atoms with E-state index in [9.17, 15) is 14.9 Å². The molecule has 0 radical (unpaired) electrons. The van der Waals surface area contributed by atoms with Gasteiger partial charge in [-0.1, -0.05) is 12.1 Å². The molecule has 0 unspecified atom stereocenters. The second-order valence-electron chi connectivity index (χ2n) is 4.74. The van der Waals surface area contributed by atoms with Gasteiger partial charge in [-0.15, -0.1) is 12.4 Å². The highest BCUT2D eigenvalue weighted by molar-refractivity contribution is 5.85. The molecule has 6 heteroatoms. The van der Waals surface area contributed by atoms with E-state index in [-0.39, 0.29) is 24.0 Å². The summed E-state index contributed by atoms with van der Waals surface area (Å²) in [5.41, 5.74) is 1.17. The molecule has 1 fully saturated rings. The van der Waals surface area contributed by atoms with Gasteiger partial charge < -0.3 is 5.11 Å². The summed E-state index contributed by atoms with van der Waals surface area (Å²) in [5, 5.41) is 19.5. The van der Waals surface area contributed by atoms with Crippen molar-refractivity contribution in [1.82, 2.24) is 0 Å². The number of nitrogens with zero attached hydrogens (tertiary/aromatic N) is 1. The van der Waals surface area contributed by atoms with Gasteiger partial charge >= 0.3 is 5.97 Å². The third kappa shape index (κ3) is 3.67. The van der Waals surface area contributed by atoms with E-state index >= 15 is 0 Å². The van der Waals surface area contributed by atoms with Crippen LogP contribution in [-0.4, -0.2) is 16.0 Å². The molecular weight excluding hydrogens is 270 g/mol. The number of aliphatic carboxylic acids is 1. The zero-order valence-corrected chi connectivity index (χ0v) is 11.1. The Morgan fingerprint density at radius 2 is 1.68 bits per heavy atom. The summed E-state index contributed by atoms with van der Waals surface area (Å²) in [5.74, 6) is -0.599. The summed E-state index contributed by atoms with van der Waals surface area (Å²) < 4.78 is 0. The van der Waals surface area contributed by atoms with Crippen molar-refractivity contribution < 1.29 is 14.8 Å². The first-order valence-electron chi connectivity index (χ1n) is 6.05. The molecule has 1 N–H and O–H groups in total. The second-order valence-corrected chi connectivity index (χ2v) is 4.74. The number of nitro benzene ring substituents is 1. The Labute approximate surface area is 117 Å². The SMILES string of the molecule is Cl.O=C(O)C1CCC(c2ccc([N+](=O)[O-])cc2)CC1. The molecule has 0 spiro atoms. The third-order valence-electron chi connectivity index (χ3n) is 3.65. The van der Waals surface area contributed by atoms with Crippen LogP contribution in [0.4, 0.5) is 5.69 Å². The lowest BCUT2D eigenvalue weighted by molar-refractivity contribution is -0.384. The van der Waals surface area contributed by atoms with Crippen LogP contribution in [0.1, 0.15) is 37.2 Å². The molecule has 1 aliphatic carbocycles. The number of non-ortho nitro benzene ring substituents is 1. The molecule has 0 atom stereocenters. The molecule has 5 nitrogen and oxygen atoms in total. The summed E-state index contributed by atoms with van der Waals surface area (Å²) in [4.78, 5) is 21.0. The van der Waals surface area contributed by atoms with Crippen molar-refractivity contribution >= 4 is 24.1 Å². The zero-order chi connectivity index (χ0) is 13.1. The molecule has 1 aromatic rings. The number of benzene rings is 1. The standard InChI is InChI=1S/C13H15NO4.ClH/c15-13(16)11-3-1-9(2-4-11)10-5-7-12(8-6-10)14(17)18;/h5-9,11H,1-4H2,(H,15,16);1H. The summed E-state index contributed by atoms with van der Waals surface area (Å²) in [6.45, 7) is 0. The minimum Gasteiger partial charge on any atom is -0.481 e. The van der Waals surface area contributed by atoms with Crippen LogP contribution >= 0.6 is 12.4 Å². The molecule has 1 aromatic carbocycles. The molecule has 104 valence electrons. The van der Waals surface area contributed by atoms with Gasteiger partial charge in [0.05, 0.1) is 10.8 Å². The van der Waals surface area contributed by atoms with Crippen molar-refractivity contribution in [2.75, 3.05) is 0 Å². The predicted octanol–water partition coefficient (Wildman–Crippen LogP) is 3.38. The lowest BCUT2D eigenvalue weighted by atomic mass is 9.79.